The fourth-order valence-corrected chi connectivity index (χ4v) is 6.19. The van der Waals surface area contributed by atoms with Crippen LogP contribution in [0.25, 0.3) is 10.2 Å². The smallest absolute Gasteiger partial charge is 0.321 e. The van der Waals surface area contributed by atoms with Crippen LogP contribution in [0.3, 0.4) is 0 Å². The zero-order valence-electron chi connectivity index (χ0n) is 20.0. The van der Waals surface area contributed by atoms with Gasteiger partial charge in [-0.3, -0.25) is 4.90 Å². The number of piperazine rings is 1. The molecule has 0 atom stereocenters. The molecule has 7 nitrogen and oxygen atoms in total. The van der Waals surface area contributed by atoms with Crippen LogP contribution in [0.15, 0.2) is 28.7 Å². The van der Waals surface area contributed by atoms with Gasteiger partial charge in [-0.15, -0.1) is 11.3 Å². The second-order valence-electron chi connectivity index (χ2n) is 9.27. The number of hydrogen-bond acceptors (Lipinski definition) is 6. The van der Waals surface area contributed by atoms with Crippen molar-refractivity contribution in [1.82, 2.24) is 19.8 Å². The third-order valence-corrected chi connectivity index (χ3v) is 8.34. The van der Waals surface area contributed by atoms with Crippen molar-refractivity contribution >= 4 is 55.0 Å². The predicted octanol–water partition coefficient (Wildman–Crippen LogP) is 5.31. The number of benzene rings is 1. The number of anilines is 2. The van der Waals surface area contributed by atoms with Gasteiger partial charge in [-0.05, 0) is 42.8 Å². The summed E-state index contributed by atoms with van der Waals surface area (Å²) in [4.78, 5) is 32.2. The molecular formula is C25H31BrN6OS. The molecule has 2 aromatic heterocycles. The molecule has 1 saturated heterocycles. The fourth-order valence-electron chi connectivity index (χ4n) is 4.66. The molecule has 4 heterocycles. The van der Waals surface area contributed by atoms with Gasteiger partial charge in [0, 0.05) is 60.2 Å². The molecule has 9 heteroatoms. The van der Waals surface area contributed by atoms with Gasteiger partial charge in [0.2, 0.25) is 0 Å². The Morgan fingerprint density at radius 2 is 1.85 bits per heavy atom. The predicted molar refractivity (Wildman–Crippen MR) is 143 cm³/mol. The van der Waals surface area contributed by atoms with E-state index in [1.165, 1.54) is 15.8 Å². The minimum absolute atomic E-state index is 0.0507. The van der Waals surface area contributed by atoms with E-state index in [0.29, 0.717) is 13.1 Å². The van der Waals surface area contributed by atoms with Gasteiger partial charge in [-0.2, -0.15) is 0 Å². The van der Waals surface area contributed by atoms with Crippen LogP contribution < -0.4 is 10.2 Å². The summed E-state index contributed by atoms with van der Waals surface area (Å²) in [5.74, 6) is 2.24. The van der Waals surface area contributed by atoms with E-state index in [1.54, 1.807) is 0 Å². The zero-order chi connectivity index (χ0) is 23.8. The number of halogens is 1. The van der Waals surface area contributed by atoms with Crippen molar-refractivity contribution in [2.45, 2.75) is 39.7 Å². The van der Waals surface area contributed by atoms with E-state index >= 15 is 0 Å². The number of nitrogens with zero attached hydrogens (tertiary/aromatic N) is 5. The van der Waals surface area contributed by atoms with E-state index in [1.807, 2.05) is 40.5 Å². The average Bonchev–Trinajstić information content (AvgIpc) is 3.22. The Morgan fingerprint density at radius 3 is 2.53 bits per heavy atom. The summed E-state index contributed by atoms with van der Waals surface area (Å²) in [6.45, 7) is 12.6. The Hall–Kier alpha value is -2.23. The Morgan fingerprint density at radius 1 is 1.12 bits per heavy atom. The average molecular weight is 544 g/mol. The number of nitrogens with one attached hydrogen (secondary N) is 1. The van der Waals surface area contributed by atoms with Crippen LogP contribution in [-0.2, 0) is 13.0 Å². The van der Waals surface area contributed by atoms with Crippen molar-refractivity contribution < 1.29 is 4.79 Å². The highest BCUT2D eigenvalue weighted by atomic mass is 79.9. The molecule has 34 heavy (non-hydrogen) atoms. The number of rotatable bonds is 4. The summed E-state index contributed by atoms with van der Waals surface area (Å²) in [6, 6.07) is 7.62. The van der Waals surface area contributed by atoms with Crippen LogP contribution in [0.1, 0.15) is 43.0 Å². The normalized spacial score (nSPS) is 16.9. The van der Waals surface area contributed by atoms with Crippen molar-refractivity contribution in [3.63, 3.8) is 0 Å². The quantitative estimate of drug-likeness (QED) is 0.484. The number of carbonyl (C=O) groups is 1. The molecule has 3 aromatic rings. The number of urea groups is 1. The number of carbonyl (C=O) groups excluding carboxylic acids is 1. The monoisotopic (exact) mass is 542 g/mol. The third-order valence-electron chi connectivity index (χ3n) is 6.70. The van der Waals surface area contributed by atoms with Gasteiger partial charge in [-0.25, -0.2) is 14.8 Å². The molecule has 1 N–H and O–H groups in total. The molecule has 1 fully saturated rings. The van der Waals surface area contributed by atoms with Gasteiger partial charge < -0.3 is 15.1 Å². The van der Waals surface area contributed by atoms with Crippen LogP contribution >= 0.6 is 27.3 Å². The molecule has 0 unspecified atom stereocenters. The lowest BCUT2D eigenvalue weighted by Gasteiger charge is -2.36. The third kappa shape index (κ3) is 4.65. The van der Waals surface area contributed by atoms with Crippen molar-refractivity contribution in [2.24, 2.45) is 0 Å². The van der Waals surface area contributed by atoms with Gasteiger partial charge in [0.05, 0.1) is 5.39 Å². The first-order valence-corrected chi connectivity index (χ1v) is 13.6. The minimum atomic E-state index is -0.0507. The second kappa shape index (κ2) is 9.79. The summed E-state index contributed by atoms with van der Waals surface area (Å²) < 4.78 is 0.995. The van der Waals surface area contributed by atoms with Gasteiger partial charge in [-0.1, -0.05) is 36.7 Å². The van der Waals surface area contributed by atoms with Gasteiger partial charge in [0.1, 0.15) is 16.5 Å². The second-order valence-corrected chi connectivity index (χ2v) is 11.3. The molecule has 0 radical (unpaired) electrons. The molecule has 0 bridgehead atoms. The van der Waals surface area contributed by atoms with E-state index in [-0.39, 0.29) is 11.9 Å². The maximum atomic E-state index is 12.8. The number of aromatic nitrogens is 2. The summed E-state index contributed by atoms with van der Waals surface area (Å²) >= 11 is 5.27. The number of likely N-dealkylation sites (N-methyl/N-ethyl adjacent to an activating group) is 1. The zero-order valence-corrected chi connectivity index (χ0v) is 22.4. The van der Waals surface area contributed by atoms with Crippen LogP contribution in [0.4, 0.5) is 16.3 Å². The highest BCUT2D eigenvalue weighted by Crippen LogP contribution is 2.39. The lowest BCUT2D eigenvalue weighted by atomic mass is 10.0. The molecule has 1 aromatic carbocycles. The molecule has 0 spiro atoms. The van der Waals surface area contributed by atoms with E-state index < -0.39 is 0 Å². The van der Waals surface area contributed by atoms with E-state index in [9.17, 15) is 4.79 Å². The van der Waals surface area contributed by atoms with Crippen molar-refractivity contribution in [3.8, 4) is 0 Å². The van der Waals surface area contributed by atoms with Crippen molar-refractivity contribution in [1.29, 1.82) is 0 Å². The summed E-state index contributed by atoms with van der Waals surface area (Å²) in [6.07, 6.45) is 1.05. The Balaban J connectivity index is 1.37. The lowest BCUT2D eigenvalue weighted by Crippen LogP contribution is -2.50. The molecule has 2 aliphatic rings. The highest BCUT2D eigenvalue weighted by Gasteiger charge is 2.29. The Kier molecular flexibility index (Phi) is 6.77. The number of fused-ring (bicyclic) bond motifs is 3. The SMILES string of the molecule is CCN1CCc2c(sc3nc(C(C)C)nc(N4CCN(C(=O)Nc5ccc(Br)cc5)CC4)c23)C1. The minimum Gasteiger partial charge on any atom is -0.352 e. The molecule has 0 aliphatic carbocycles. The van der Waals surface area contributed by atoms with E-state index in [4.69, 9.17) is 9.97 Å². The summed E-state index contributed by atoms with van der Waals surface area (Å²) in [5.41, 5.74) is 2.24. The number of thiophene rings is 1. The summed E-state index contributed by atoms with van der Waals surface area (Å²) in [5, 5.41) is 4.26. The van der Waals surface area contributed by atoms with Crippen LogP contribution in [0.5, 0.6) is 0 Å². The largest absolute Gasteiger partial charge is 0.352 e. The lowest BCUT2D eigenvalue weighted by molar-refractivity contribution is 0.208. The Labute approximate surface area is 213 Å². The number of amides is 2. The van der Waals surface area contributed by atoms with Crippen LogP contribution in [-0.4, -0.2) is 65.1 Å². The van der Waals surface area contributed by atoms with Crippen molar-refractivity contribution in [3.05, 3.63) is 45.0 Å². The van der Waals surface area contributed by atoms with Gasteiger partial charge in [0.25, 0.3) is 0 Å². The van der Waals surface area contributed by atoms with Gasteiger partial charge in [0.15, 0.2) is 0 Å². The highest BCUT2D eigenvalue weighted by molar-refractivity contribution is 9.10. The van der Waals surface area contributed by atoms with Gasteiger partial charge >= 0.3 is 6.03 Å². The molecule has 2 amide bonds. The molecule has 5 rings (SSSR count). The molecule has 180 valence electrons. The first kappa shape index (κ1) is 23.5. The van der Waals surface area contributed by atoms with Crippen molar-refractivity contribution in [2.75, 3.05) is 49.5 Å². The van der Waals surface area contributed by atoms with E-state index in [2.05, 4.69) is 51.8 Å². The number of hydrogen-bond donors (Lipinski definition) is 1. The molecule has 0 saturated carbocycles. The maximum absolute atomic E-state index is 12.8. The van der Waals surface area contributed by atoms with E-state index in [0.717, 1.165) is 65.8 Å². The first-order valence-electron chi connectivity index (χ1n) is 12.0. The molecular weight excluding hydrogens is 512 g/mol. The topological polar surface area (TPSA) is 64.6 Å². The fraction of sp³-hybridized carbons (Fsp3) is 0.480. The Bertz CT molecular complexity index is 1190. The summed E-state index contributed by atoms with van der Waals surface area (Å²) in [7, 11) is 0. The molecule has 2 aliphatic heterocycles. The standard InChI is InChI=1S/C25H31BrN6OS/c1-4-30-10-9-19-20(15-30)34-24-21(19)23(28-22(29-24)16(2)3)31-11-13-32(14-12-31)25(33)27-18-7-5-17(26)6-8-18/h5-8,16H,4,9-15H2,1-3H3,(H,27,33). The maximum Gasteiger partial charge on any atom is 0.321 e. The first-order chi connectivity index (χ1) is 16.4. The van der Waals surface area contributed by atoms with Crippen LogP contribution in [0, 0.1) is 0 Å². The van der Waals surface area contributed by atoms with Crippen LogP contribution in [0.2, 0.25) is 0 Å².